The summed E-state index contributed by atoms with van der Waals surface area (Å²) in [5, 5.41) is 11.1. The van der Waals surface area contributed by atoms with Crippen LogP contribution in [0.1, 0.15) is 6.42 Å². The lowest BCUT2D eigenvalue weighted by atomic mass is 10.3. The highest BCUT2D eigenvalue weighted by Crippen LogP contribution is 2.21. The Labute approximate surface area is 214 Å². The minimum Gasteiger partial charge on any atom is -0.324 e. The number of piperazine rings is 1. The molecule has 0 saturated carbocycles. The average Bonchev–Trinajstić information content (AvgIpc) is 3.31. The molecule has 1 aliphatic rings. The summed E-state index contributed by atoms with van der Waals surface area (Å²) >= 11 is 0. The van der Waals surface area contributed by atoms with Crippen LogP contribution in [0.3, 0.4) is 0 Å². The third-order valence-corrected chi connectivity index (χ3v) is 7.64. The Balaban J connectivity index is 1.25. The maximum atomic E-state index is 13.7. The smallest absolute Gasteiger partial charge is 0.240 e. The zero-order valence-electron chi connectivity index (χ0n) is 20.4. The molecule has 1 saturated heterocycles. The largest absolute Gasteiger partial charge is 0.324 e. The zero-order chi connectivity index (χ0) is 25.8. The molecule has 1 fully saturated rings. The van der Waals surface area contributed by atoms with Gasteiger partial charge >= 0.3 is 0 Å². The molecular formula is C24H28FN9O2S. The first-order valence-electron chi connectivity index (χ1n) is 12.0. The molecule has 3 heterocycles. The van der Waals surface area contributed by atoms with E-state index in [1.807, 2.05) is 0 Å². The van der Waals surface area contributed by atoms with Gasteiger partial charge in [0.05, 0.1) is 16.8 Å². The van der Waals surface area contributed by atoms with E-state index >= 15 is 0 Å². The Morgan fingerprint density at radius 2 is 1.86 bits per heavy atom. The molecule has 4 aromatic rings. The fraction of sp³-hybridized carbons (Fsp3) is 0.333. The van der Waals surface area contributed by atoms with Crippen LogP contribution in [0.5, 0.6) is 0 Å². The molecule has 0 aliphatic carbocycles. The molecule has 5 rings (SSSR count). The number of halogens is 1. The number of aromatic nitrogens is 5. The standard InChI is InChI=1S/C24H28FN9O2S/c1-32-11-13-33(14-12-32)10-4-9-27-37(35,36)21-8-3-6-19(16-21)28-24-26-17-22-23(29-24)34(31-30-22)20-7-2-5-18(25)15-20/h2-3,5-8,15-17,27H,4,9-14H2,1H3,(H,26,28,29). The summed E-state index contributed by atoms with van der Waals surface area (Å²) < 4.78 is 43.5. The van der Waals surface area contributed by atoms with Gasteiger partial charge in [-0.15, -0.1) is 5.10 Å². The van der Waals surface area contributed by atoms with Crippen molar-refractivity contribution in [3.05, 3.63) is 60.5 Å². The second-order valence-corrected chi connectivity index (χ2v) is 10.7. The second-order valence-electron chi connectivity index (χ2n) is 8.93. The first-order chi connectivity index (χ1) is 17.9. The highest BCUT2D eigenvalue weighted by Gasteiger charge is 2.17. The fourth-order valence-electron chi connectivity index (χ4n) is 4.10. The Hall–Kier alpha value is -3.52. The zero-order valence-corrected chi connectivity index (χ0v) is 21.2. The second kappa shape index (κ2) is 10.8. The highest BCUT2D eigenvalue weighted by molar-refractivity contribution is 7.89. The van der Waals surface area contributed by atoms with Gasteiger partial charge in [0.25, 0.3) is 0 Å². The molecule has 0 radical (unpaired) electrons. The quantitative estimate of drug-likeness (QED) is 0.316. The SMILES string of the molecule is CN1CCN(CCCNS(=O)(=O)c2cccc(Nc3ncc4nnn(-c5cccc(F)c5)c4n3)c2)CC1. The van der Waals surface area contributed by atoms with E-state index in [1.54, 1.807) is 30.3 Å². The monoisotopic (exact) mass is 525 g/mol. The van der Waals surface area contributed by atoms with E-state index in [1.165, 1.54) is 29.1 Å². The van der Waals surface area contributed by atoms with E-state index in [0.29, 0.717) is 29.1 Å². The number of nitrogens with zero attached hydrogens (tertiary/aromatic N) is 7. The molecular weight excluding hydrogens is 497 g/mol. The van der Waals surface area contributed by atoms with Crippen molar-refractivity contribution in [3.63, 3.8) is 0 Å². The topological polar surface area (TPSA) is 121 Å². The Bertz CT molecular complexity index is 1490. The third-order valence-electron chi connectivity index (χ3n) is 6.18. The van der Waals surface area contributed by atoms with Gasteiger partial charge in [-0.2, -0.15) is 9.67 Å². The summed E-state index contributed by atoms with van der Waals surface area (Å²) in [6, 6.07) is 12.4. The lowest BCUT2D eigenvalue weighted by Crippen LogP contribution is -2.45. The van der Waals surface area contributed by atoms with Gasteiger partial charge in [-0.1, -0.05) is 17.3 Å². The molecule has 2 aromatic carbocycles. The van der Waals surface area contributed by atoms with E-state index in [4.69, 9.17) is 0 Å². The van der Waals surface area contributed by atoms with Gasteiger partial charge in [0, 0.05) is 38.4 Å². The molecule has 0 amide bonds. The summed E-state index contributed by atoms with van der Waals surface area (Å²) in [5.74, 6) is -0.179. The van der Waals surface area contributed by atoms with Crippen molar-refractivity contribution < 1.29 is 12.8 Å². The van der Waals surface area contributed by atoms with Gasteiger partial charge in [0.1, 0.15) is 5.82 Å². The summed E-state index contributed by atoms with van der Waals surface area (Å²) in [6.45, 7) is 5.30. The van der Waals surface area contributed by atoms with E-state index in [0.717, 1.165) is 39.1 Å². The van der Waals surface area contributed by atoms with Gasteiger partial charge in [-0.25, -0.2) is 22.5 Å². The molecule has 2 N–H and O–H groups in total. The summed E-state index contributed by atoms with van der Waals surface area (Å²) in [5.41, 5.74) is 1.80. The molecule has 37 heavy (non-hydrogen) atoms. The normalized spacial score (nSPS) is 15.3. The van der Waals surface area contributed by atoms with Crippen LogP contribution in [0.4, 0.5) is 16.0 Å². The highest BCUT2D eigenvalue weighted by atomic mass is 32.2. The van der Waals surface area contributed by atoms with Gasteiger partial charge in [-0.05, 0) is 56.4 Å². The molecule has 2 aromatic heterocycles. The predicted molar refractivity (Wildman–Crippen MR) is 138 cm³/mol. The molecule has 1 aliphatic heterocycles. The Morgan fingerprint density at radius 3 is 2.68 bits per heavy atom. The van der Waals surface area contributed by atoms with E-state index in [9.17, 15) is 12.8 Å². The van der Waals surface area contributed by atoms with E-state index in [-0.39, 0.29) is 10.8 Å². The van der Waals surface area contributed by atoms with Crippen LogP contribution in [0, 0.1) is 5.82 Å². The summed E-state index contributed by atoms with van der Waals surface area (Å²) in [6.07, 6.45) is 2.23. The van der Waals surface area contributed by atoms with Crippen molar-refractivity contribution in [2.75, 3.05) is 51.6 Å². The number of nitrogens with one attached hydrogen (secondary N) is 2. The molecule has 11 nitrogen and oxygen atoms in total. The van der Waals surface area contributed by atoms with Crippen LogP contribution in [-0.4, -0.2) is 89.5 Å². The first kappa shape index (κ1) is 25.1. The number of fused-ring (bicyclic) bond motifs is 1. The van der Waals surface area contributed by atoms with Crippen molar-refractivity contribution in [3.8, 4) is 5.69 Å². The lowest BCUT2D eigenvalue weighted by Gasteiger charge is -2.32. The number of benzene rings is 2. The summed E-state index contributed by atoms with van der Waals surface area (Å²) in [7, 11) is -1.57. The minimum absolute atomic E-state index is 0.143. The van der Waals surface area contributed by atoms with Crippen molar-refractivity contribution in [2.24, 2.45) is 0 Å². The first-order valence-corrected chi connectivity index (χ1v) is 13.5. The molecule has 13 heteroatoms. The van der Waals surface area contributed by atoms with Gasteiger partial charge in [0.2, 0.25) is 16.0 Å². The van der Waals surface area contributed by atoms with Crippen LogP contribution in [0.15, 0.2) is 59.6 Å². The number of rotatable bonds is 9. The Morgan fingerprint density at radius 1 is 1.05 bits per heavy atom. The van der Waals surface area contributed by atoms with Crippen LogP contribution in [0.25, 0.3) is 16.9 Å². The van der Waals surface area contributed by atoms with Crippen LogP contribution in [0.2, 0.25) is 0 Å². The Kier molecular flexibility index (Phi) is 7.37. The number of anilines is 2. The average molecular weight is 526 g/mol. The number of hydrogen-bond donors (Lipinski definition) is 2. The molecule has 0 spiro atoms. The van der Waals surface area contributed by atoms with E-state index < -0.39 is 15.8 Å². The van der Waals surface area contributed by atoms with Crippen LogP contribution < -0.4 is 10.0 Å². The van der Waals surface area contributed by atoms with Crippen molar-refractivity contribution in [2.45, 2.75) is 11.3 Å². The van der Waals surface area contributed by atoms with Crippen molar-refractivity contribution in [1.82, 2.24) is 39.5 Å². The van der Waals surface area contributed by atoms with Gasteiger partial charge in [0.15, 0.2) is 11.2 Å². The van der Waals surface area contributed by atoms with E-state index in [2.05, 4.69) is 47.2 Å². The molecule has 194 valence electrons. The third kappa shape index (κ3) is 6.07. The molecule has 0 unspecified atom stereocenters. The fourth-order valence-corrected chi connectivity index (χ4v) is 5.22. The van der Waals surface area contributed by atoms with Crippen LogP contribution >= 0.6 is 0 Å². The molecule has 0 bridgehead atoms. The minimum atomic E-state index is -3.68. The van der Waals surface area contributed by atoms with Crippen molar-refractivity contribution in [1.29, 1.82) is 0 Å². The van der Waals surface area contributed by atoms with Gasteiger partial charge in [-0.3, -0.25) is 0 Å². The van der Waals surface area contributed by atoms with Gasteiger partial charge < -0.3 is 15.1 Å². The number of likely N-dealkylation sites (N-methyl/N-ethyl adjacent to an activating group) is 1. The predicted octanol–water partition coefficient (Wildman–Crippen LogP) is 2.01. The summed E-state index contributed by atoms with van der Waals surface area (Å²) in [4.78, 5) is 13.5. The molecule has 0 atom stereocenters. The number of sulfonamides is 1. The lowest BCUT2D eigenvalue weighted by molar-refractivity contribution is 0.153. The number of hydrogen-bond acceptors (Lipinski definition) is 9. The maximum Gasteiger partial charge on any atom is 0.240 e. The maximum absolute atomic E-state index is 13.7. The van der Waals surface area contributed by atoms with Crippen LogP contribution in [-0.2, 0) is 10.0 Å². The van der Waals surface area contributed by atoms with Crippen molar-refractivity contribution >= 4 is 32.8 Å².